The highest BCUT2D eigenvalue weighted by Gasteiger charge is 2.40. The van der Waals surface area contributed by atoms with E-state index in [1.165, 1.54) is 25.3 Å². The van der Waals surface area contributed by atoms with E-state index in [1.54, 1.807) is 4.90 Å². The largest absolute Gasteiger partial charge is 0.416 e. The average Bonchev–Trinajstić information content (AvgIpc) is 3.02. The van der Waals surface area contributed by atoms with Gasteiger partial charge in [0.15, 0.2) is 5.82 Å². The minimum Gasteiger partial charge on any atom is -0.375 e. The van der Waals surface area contributed by atoms with Crippen molar-refractivity contribution in [1.29, 1.82) is 0 Å². The number of hydrogen-bond donors (Lipinski definition) is 1. The third kappa shape index (κ3) is 3.86. The van der Waals surface area contributed by atoms with E-state index in [-0.39, 0.29) is 30.4 Å². The molecule has 26 heavy (non-hydrogen) atoms. The van der Waals surface area contributed by atoms with Crippen molar-refractivity contribution in [3.05, 3.63) is 47.1 Å². The van der Waals surface area contributed by atoms with E-state index >= 15 is 0 Å². The van der Waals surface area contributed by atoms with Gasteiger partial charge in [-0.2, -0.15) is 18.2 Å². The number of ether oxygens (including phenoxy) is 1. The lowest BCUT2D eigenvalue weighted by Crippen LogP contribution is -2.50. The van der Waals surface area contributed by atoms with Crippen LogP contribution in [-0.2, 0) is 28.9 Å². The van der Waals surface area contributed by atoms with Crippen molar-refractivity contribution in [2.75, 3.05) is 20.2 Å². The van der Waals surface area contributed by atoms with Crippen LogP contribution in [0.15, 0.2) is 28.8 Å². The molecule has 1 aliphatic heterocycles. The number of amides is 1. The number of halogens is 3. The topological polar surface area (TPSA) is 80.5 Å². The van der Waals surface area contributed by atoms with Crippen LogP contribution in [0.1, 0.15) is 28.9 Å². The first-order chi connectivity index (χ1) is 12.4. The number of hydrogen-bond acceptors (Lipinski definition) is 6. The number of methoxy groups -OCH3 is 1. The van der Waals surface area contributed by atoms with E-state index in [4.69, 9.17) is 9.26 Å². The van der Waals surface area contributed by atoms with Crippen molar-refractivity contribution < 1.29 is 27.2 Å². The molecule has 0 aliphatic carbocycles. The molecule has 10 heteroatoms. The van der Waals surface area contributed by atoms with Crippen LogP contribution in [-0.4, -0.2) is 41.1 Å². The number of benzene rings is 1. The summed E-state index contributed by atoms with van der Waals surface area (Å²) in [6.07, 6.45) is -4.56. The molecule has 1 aromatic heterocycles. The summed E-state index contributed by atoms with van der Waals surface area (Å²) < 4.78 is 50.0. The van der Waals surface area contributed by atoms with Crippen LogP contribution >= 0.6 is 0 Å². The molecular weight excluding hydrogens is 353 g/mol. The SMILES string of the molecule is COCc1nc(CN2CCNC(=O)C2c2ccccc2C(F)(F)F)no1. The van der Waals surface area contributed by atoms with E-state index in [0.717, 1.165) is 6.07 Å². The molecule has 0 spiro atoms. The zero-order valence-electron chi connectivity index (χ0n) is 13.9. The minimum atomic E-state index is -4.56. The van der Waals surface area contributed by atoms with Crippen LogP contribution in [0.3, 0.4) is 0 Å². The van der Waals surface area contributed by atoms with Gasteiger partial charge in [0.25, 0.3) is 5.89 Å². The number of carbonyl (C=O) groups excluding carboxylic acids is 1. The van der Waals surface area contributed by atoms with Gasteiger partial charge in [-0.15, -0.1) is 0 Å². The molecule has 1 fully saturated rings. The molecule has 3 rings (SSSR count). The van der Waals surface area contributed by atoms with Crippen molar-refractivity contribution in [2.24, 2.45) is 0 Å². The smallest absolute Gasteiger partial charge is 0.375 e. The van der Waals surface area contributed by atoms with Gasteiger partial charge < -0.3 is 14.6 Å². The first-order valence-electron chi connectivity index (χ1n) is 7.88. The first-order valence-corrected chi connectivity index (χ1v) is 7.88. The molecule has 2 heterocycles. The normalized spacial score (nSPS) is 18.8. The number of alkyl halides is 3. The Hall–Kier alpha value is -2.46. The Morgan fingerprint density at radius 3 is 2.88 bits per heavy atom. The average molecular weight is 370 g/mol. The van der Waals surface area contributed by atoms with Crippen LogP contribution in [0.25, 0.3) is 0 Å². The molecule has 2 aromatic rings. The molecule has 0 bridgehead atoms. The molecule has 0 saturated carbocycles. The van der Waals surface area contributed by atoms with Gasteiger partial charge in [-0.1, -0.05) is 23.4 Å². The summed E-state index contributed by atoms with van der Waals surface area (Å²) in [4.78, 5) is 18.1. The van der Waals surface area contributed by atoms with Crippen LogP contribution in [0.5, 0.6) is 0 Å². The fourth-order valence-electron chi connectivity index (χ4n) is 2.93. The standard InChI is InChI=1S/C16H17F3N4O3/c1-25-9-13-21-12(22-26-13)8-23-7-6-20-15(24)14(23)10-4-2-3-5-11(10)16(17,18)19/h2-5,14H,6-9H2,1H3,(H,20,24). The fraction of sp³-hybridized carbons (Fsp3) is 0.438. The van der Waals surface area contributed by atoms with Crippen molar-refractivity contribution in [3.8, 4) is 0 Å². The zero-order valence-corrected chi connectivity index (χ0v) is 13.9. The summed E-state index contributed by atoms with van der Waals surface area (Å²) in [6, 6.07) is 3.98. The lowest BCUT2D eigenvalue weighted by atomic mass is 9.96. The number of nitrogens with zero attached hydrogens (tertiary/aromatic N) is 3. The second-order valence-electron chi connectivity index (χ2n) is 5.79. The molecule has 1 atom stereocenters. The van der Waals surface area contributed by atoms with Crippen molar-refractivity contribution in [2.45, 2.75) is 25.4 Å². The van der Waals surface area contributed by atoms with E-state index in [0.29, 0.717) is 13.1 Å². The number of nitrogens with one attached hydrogen (secondary N) is 1. The summed E-state index contributed by atoms with van der Waals surface area (Å²) in [5, 5.41) is 6.41. The summed E-state index contributed by atoms with van der Waals surface area (Å²) >= 11 is 0. The highest BCUT2D eigenvalue weighted by Crippen LogP contribution is 2.37. The number of rotatable bonds is 5. The Labute approximate surface area is 147 Å². The zero-order chi connectivity index (χ0) is 18.7. The van der Waals surface area contributed by atoms with Crippen LogP contribution in [0, 0.1) is 0 Å². The minimum absolute atomic E-state index is 0.0808. The molecule has 7 nitrogen and oxygen atoms in total. The molecular formula is C16H17F3N4O3. The number of aromatic nitrogens is 2. The Kier molecular flexibility index (Phi) is 5.23. The molecule has 1 saturated heterocycles. The predicted molar refractivity (Wildman–Crippen MR) is 82.6 cm³/mol. The first kappa shape index (κ1) is 18.3. The van der Waals surface area contributed by atoms with E-state index in [2.05, 4.69) is 15.5 Å². The van der Waals surface area contributed by atoms with Gasteiger partial charge in [-0.05, 0) is 11.6 Å². The summed E-state index contributed by atoms with van der Waals surface area (Å²) in [6.45, 7) is 0.897. The second kappa shape index (κ2) is 7.42. The summed E-state index contributed by atoms with van der Waals surface area (Å²) in [7, 11) is 1.48. The third-order valence-corrected chi connectivity index (χ3v) is 3.99. The number of piperazine rings is 1. The molecule has 0 radical (unpaired) electrons. The van der Waals surface area contributed by atoms with Crippen molar-refractivity contribution in [1.82, 2.24) is 20.4 Å². The van der Waals surface area contributed by atoms with E-state index in [9.17, 15) is 18.0 Å². The monoisotopic (exact) mass is 370 g/mol. The van der Waals surface area contributed by atoms with Gasteiger partial charge in [-0.3, -0.25) is 9.69 Å². The van der Waals surface area contributed by atoms with Crippen LogP contribution < -0.4 is 5.32 Å². The maximum absolute atomic E-state index is 13.4. The van der Waals surface area contributed by atoms with Gasteiger partial charge in [0.05, 0.1) is 12.1 Å². The van der Waals surface area contributed by atoms with Gasteiger partial charge in [0.2, 0.25) is 5.91 Å². The molecule has 140 valence electrons. The highest BCUT2D eigenvalue weighted by molar-refractivity contribution is 5.84. The maximum Gasteiger partial charge on any atom is 0.416 e. The quantitative estimate of drug-likeness (QED) is 0.866. The summed E-state index contributed by atoms with van der Waals surface area (Å²) in [5.74, 6) is 0.0472. The molecule has 1 aromatic carbocycles. The van der Waals surface area contributed by atoms with E-state index < -0.39 is 23.7 Å². The summed E-state index contributed by atoms with van der Waals surface area (Å²) in [5.41, 5.74) is -0.932. The van der Waals surface area contributed by atoms with Gasteiger partial charge >= 0.3 is 6.18 Å². The lowest BCUT2D eigenvalue weighted by Gasteiger charge is -2.35. The van der Waals surface area contributed by atoms with Crippen LogP contribution in [0.4, 0.5) is 13.2 Å². The molecule has 1 unspecified atom stereocenters. The van der Waals surface area contributed by atoms with Crippen molar-refractivity contribution >= 4 is 5.91 Å². The Bertz CT molecular complexity index is 778. The Balaban J connectivity index is 1.91. The van der Waals surface area contributed by atoms with Crippen LogP contribution in [0.2, 0.25) is 0 Å². The van der Waals surface area contributed by atoms with Gasteiger partial charge in [0, 0.05) is 20.2 Å². The van der Waals surface area contributed by atoms with Gasteiger partial charge in [-0.25, -0.2) is 0 Å². The fourth-order valence-corrected chi connectivity index (χ4v) is 2.93. The molecule has 1 N–H and O–H groups in total. The highest BCUT2D eigenvalue weighted by atomic mass is 19.4. The maximum atomic E-state index is 13.4. The second-order valence-corrected chi connectivity index (χ2v) is 5.79. The molecule has 1 aliphatic rings. The predicted octanol–water partition coefficient (Wildman–Crippen LogP) is 1.91. The van der Waals surface area contributed by atoms with Gasteiger partial charge in [0.1, 0.15) is 12.6 Å². The van der Waals surface area contributed by atoms with Crippen molar-refractivity contribution in [3.63, 3.8) is 0 Å². The Morgan fingerprint density at radius 1 is 1.38 bits per heavy atom. The third-order valence-electron chi connectivity index (χ3n) is 3.99. The number of carbonyl (C=O) groups is 1. The Morgan fingerprint density at radius 2 is 2.15 bits per heavy atom. The van der Waals surface area contributed by atoms with E-state index in [1.807, 2.05) is 0 Å². The lowest BCUT2D eigenvalue weighted by molar-refractivity contribution is -0.140. The molecule has 1 amide bonds.